The van der Waals surface area contributed by atoms with E-state index in [0.717, 1.165) is 22.0 Å². The molecule has 9 heteroatoms. The molecule has 8 nitrogen and oxygen atoms in total. The van der Waals surface area contributed by atoms with Crippen LogP contribution in [0.1, 0.15) is 15.4 Å². The lowest BCUT2D eigenvalue weighted by Gasteiger charge is -2.10. The van der Waals surface area contributed by atoms with E-state index >= 15 is 0 Å². The number of methoxy groups -OCH3 is 2. The summed E-state index contributed by atoms with van der Waals surface area (Å²) in [5, 5.41) is 10.5. The summed E-state index contributed by atoms with van der Waals surface area (Å²) in [6.07, 6.45) is 5.19. The van der Waals surface area contributed by atoms with E-state index in [2.05, 4.69) is 15.3 Å². The molecule has 2 aromatic carbocycles. The number of carbonyl (C=O) groups excluding carboxylic acids is 1. The van der Waals surface area contributed by atoms with Gasteiger partial charge in [-0.25, -0.2) is 9.67 Å². The van der Waals surface area contributed by atoms with Crippen LogP contribution in [0.5, 0.6) is 11.5 Å². The molecule has 0 saturated heterocycles. The molecule has 3 heterocycles. The first-order chi connectivity index (χ1) is 17.7. The van der Waals surface area contributed by atoms with Crippen molar-refractivity contribution < 1.29 is 14.3 Å². The first-order valence-corrected chi connectivity index (χ1v) is 12.0. The average Bonchev–Trinajstić information content (AvgIpc) is 3.60. The first-order valence-electron chi connectivity index (χ1n) is 11.2. The lowest BCUT2D eigenvalue weighted by molar-refractivity contribution is 0.0951. The van der Waals surface area contributed by atoms with Crippen molar-refractivity contribution in [2.75, 3.05) is 14.2 Å². The van der Waals surface area contributed by atoms with Gasteiger partial charge >= 0.3 is 0 Å². The number of nitrogens with zero attached hydrogens (tertiary/aromatic N) is 4. The minimum atomic E-state index is -0.266. The van der Waals surface area contributed by atoms with E-state index < -0.39 is 0 Å². The summed E-state index contributed by atoms with van der Waals surface area (Å²) < 4.78 is 12.7. The molecule has 1 N–H and O–H groups in total. The lowest BCUT2D eigenvalue weighted by atomic mass is 10.1. The van der Waals surface area contributed by atoms with Crippen molar-refractivity contribution in [2.24, 2.45) is 0 Å². The van der Waals surface area contributed by atoms with Crippen LogP contribution in [0.4, 0.5) is 0 Å². The number of hydrogen-bond donors (Lipinski definition) is 1. The largest absolute Gasteiger partial charge is 0.497 e. The minimum absolute atomic E-state index is 0.266. The number of amides is 1. The molecule has 1 amide bonds. The highest BCUT2D eigenvalue weighted by molar-refractivity contribution is 7.09. The molecule has 0 unspecified atom stereocenters. The van der Waals surface area contributed by atoms with E-state index in [-0.39, 0.29) is 5.91 Å². The Morgan fingerprint density at radius 2 is 1.83 bits per heavy atom. The maximum Gasteiger partial charge on any atom is 0.255 e. The van der Waals surface area contributed by atoms with Crippen LogP contribution in [0.25, 0.3) is 28.2 Å². The number of thiazole rings is 1. The Morgan fingerprint density at radius 3 is 2.58 bits per heavy atom. The highest BCUT2D eigenvalue weighted by Gasteiger charge is 2.22. The summed E-state index contributed by atoms with van der Waals surface area (Å²) in [6.45, 7) is 0.291. The second-order valence-electron chi connectivity index (χ2n) is 7.78. The van der Waals surface area contributed by atoms with Gasteiger partial charge in [-0.2, -0.15) is 5.10 Å². The Hall–Kier alpha value is -4.50. The molecular formula is C27H23N5O3S. The summed E-state index contributed by atoms with van der Waals surface area (Å²) in [5.41, 5.74) is 4.23. The number of benzene rings is 2. The smallest absolute Gasteiger partial charge is 0.255 e. The first kappa shape index (κ1) is 23.3. The van der Waals surface area contributed by atoms with Gasteiger partial charge in [0.25, 0.3) is 5.91 Å². The molecule has 0 fully saturated rings. The fraction of sp³-hybridized carbons (Fsp3) is 0.111. The fourth-order valence-corrected chi connectivity index (χ4v) is 4.49. The molecule has 0 aliphatic heterocycles. The zero-order valence-corrected chi connectivity index (χ0v) is 20.5. The molecule has 0 aliphatic carbocycles. The van der Waals surface area contributed by atoms with Crippen LogP contribution in [0, 0.1) is 0 Å². The summed E-state index contributed by atoms with van der Waals surface area (Å²) in [4.78, 5) is 22.1. The predicted octanol–water partition coefficient (Wildman–Crippen LogP) is 5.01. The minimum Gasteiger partial charge on any atom is -0.497 e. The van der Waals surface area contributed by atoms with Gasteiger partial charge < -0.3 is 14.8 Å². The number of para-hydroxylation sites is 1. The molecule has 0 spiro atoms. The summed E-state index contributed by atoms with van der Waals surface area (Å²) in [5.74, 6) is 0.959. The molecule has 0 saturated carbocycles. The molecule has 3 aromatic heterocycles. The van der Waals surface area contributed by atoms with E-state index in [1.165, 1.54) is 11.3 Å². The van der Waals surface area contributed by atoms with Crippen molar-refractivity contribution in [1.82, 2.24) is 25.1 Å². The lowest BCUT2D eigenvalue weighted by Crippen LogP contribution is -2.23. The number of aromatic nitrogens is 4. The molecule has 36 heavy (non-hydrogen) atoms. The molecule has 0 aliphatic rings. The van der Waals surface area contributed by atoms with Gasteiger partial charge in [-0.1, -0.05) is 18.2 Å². The van der Waals surface area contributed by atoms with Crippen LogP contribution in [0.3, 0.4) is 0 Å². The third-order valence-electron chi connectivity index (χ3n) is 5.57. The van der Waals surface area contributed by atoms with Crippen molar-refractivity contribution in [3.05, 3.63) is 95.2 Å². The average molecular weight is 498 g/mol. The number of ether oxygens (including phenoxy) is 2. The number of carbonyl (C=O) groups is 1. The van der Waals surface area contributed by atoms with E-state index in [9.17, 15) is 4.79 Å². The van der Waals surface area contributed by atoms with Gasteiger partial charge in [-0.15, -0.1) is 11.3 Å². The standard InChI is InChI=1S/C27H23N5O3S/c1-34-20-8-9-24(35-2)21(14-20)26-22(16-32(31-26)19-6-4-3-5-7-19)27(33)29-15-25-30-23(17-36-25)18-10-12-28-13-11-18/h3-14,16-17H,15H2,1-2H3,(H,29,33). The zero-order valence-electron chi connectivity index (χ0n) is 19.7. The molecule has 5 aromatic rings. The second-order valence-corrected chi connectivity index (χ2v) is 8.73. The summed E-state index contributed by atoms with van der Waals surface area (Å²) in [7, 11) is 3.18. The van der Waals surface area contributed by atoms with E-state index in [1.54, 1.807) is 49.6 Å². The van der Waals surface area contributed by atoms with Gasteiger partial charge in [0.2, 0.25) is 0 Å². The molecule has 180 valence electrons. The maximum absolute atomic E-state index is 13.4. The van der Waals surface area contributed by atoms with Gasteiger partial charge in [-0.3, -0.25) is 9.78 Å². The monoisotopic (exact) mass is 497 g/mol. The molecule has 0 bridgehead atoms. The van der Waals surface area contributed by atoms with Gasteiger partial charge in [0.15, 0.2) is 0 Å². The van der Waals surface area contributed by atoms with Crippen molar-refractivity contribution >= 4 is 17.2 Å². The number of pyridine rings is 1. The van der Waals surface area contributed by atoms with E-state index in [1.807, 2.05) is 53.9 Å². The van der Waals surface area contributed by atoms with Crippen molar-refractivity contribution in [3.8, 4) is 39.7 Å². The van der Waals surface area contributed by atoms with Crippen LogP contribution in [0.15, 0.2) is 84.6 Å². The van der Waals surface area contributed by atoms with Crippen molar-refractivity contribution in [2.45, 2.75) is 6.54 Å². The van der Waals surface area contributed by atoms with Crippen LogP contribution < -0.4 is 14.8 Å². The Balaban J connectivity index is 1.46. The van der Waals surface area contributed by atoms with Crippen LogP contribution in [-0.4, -0.2) is 39.9 Å². The Morgan fingerprint density at radius 1 is 1.03 bits per heavy atom. The van der Waals surface area contributed by atoms with E-state index in [0.29, 0.717) is 34.9 Å². The predicted molar refractivity (Wildman–Crippen MR) is 139 cm³/mol. The quantitative estimate of drug-likeness (QED) is 0.324. The zero-order chi connectivity index (χ0) is 24.9. The van der Waals surface area contributed by atoms with Gasteiger partial charge in [0.05, 0.1) is 37.7 Å². The normalized spacial score (nSPS) is 10.7. The van der Waals surface area contributed by atoms with Crippen molar-refractivity contribution in [3.63, 3.8) is 0 Å². The third-order valence-corrected chi connectivity index (χ3v) is 6.42. The van der Waals surface area contributed by atoms with Gasteiger partial charge in [0.1, 0.15) is 22.2 Å². The van der Waals surface area contributed by atoms with Crippen LogP contribution in [-0.2, 0) is 6.54 Å². The van der Waals surface area contributed by atoms with E-state index in [4.69, 9.17) is 14.6 Å². The van der Waals surface area contributed by atoms with Gasteiger partial charge in [-0.05, 0) is 42.5 Å². The molecular weight excluding hydrogens is 474 g/mol. The fourth-order valence-electron chi connectivity index (χ4n) is 3.75. The van der Waals surface area contributed by atoms with Crippen molar-refractivity contribution in [1.29, 1.82) is 0 Å². The molecule has 5 rings (SSSR count). The number of nitrogens with one attached hydrogen (secondary N) is 1. The molecule has 0 radical (unpaired) electrons. The highest BCUT2D eigenvalue weighted by Crippen LogP contribution is 2.35. The van der Waals surface area contributed by atoms with Gasteiger partial charge in [0, 0.05) is 35.1 Å². The maximum atomic E-state index is 13.4. The SMILES string of the molecule is COc1ccc(OC)c(-c2nn(-c3ccccc3)cc2C(=O)NCc2nc(-c3ccncc3)cs2)c1. The summed E-state index contributed by atoms with van der Waals surface area (Å²) >= 11 is 1.49. The molecule has 0 atom stereocenters. The Labute approximate surface area is 212 Å². The number of rotatable bonds is 8. The third kappa shape index (κ3) is 4.82. The van der Waals surface area contributed by atoms with Crippen LogP contribution >= 0.6 is 11.3 Å². The second kappa shape index (κ2) is 10.4. The summed E-state index contributed by atoms with van der Waals surface area (Å²) in [6, 6.07) is 18.9. The van der Waals surface area contributed by atoms with Crippen LogP contribution in [0.2, 0.25) is 0 Å². The number of hydrogen-bond acceptors (Lipinski definition) is 7. The topological polar surface area (TPSA) is 91.2 Å². The highest BCUT2D eigenvalue weighted by atomic mass is 32.1. The Kier molecular flexibility index (Phi) is 6.72. The Bertz CT molecular complexity index is 1480.